The fraction of sp³-hybridized carbons (Fsp3) is 0.0769. The number of nitrogens with zero attached hydrogens (tertiary/aromatic N) is 3. The molecule has 0 saturated carbocycles. The summed E-state index contributed by atoms with van der Waals surface area (Å²) in [6.45, 7) is 13.1. The van der Waals surface area contributed by atoms with Gasteiger partial charge in [0.25, 0.3) is 6.71 Å². The van der Waals surface area contributed by atoms with Crippen LogP contribution in [0.3, 0.4) is 0 Å². The first kappa shape index (κ1) is 58.4. The van der Waals surface area contributed by atoms with Crippen molar-refractivity contribution < 1.29 is 11.0 Å². The molecule has 109 heavy (non-hydrogen) atoms. The molecule has 2 aliphatic rings. The van der Waals surface area contributed by atoms with Gasteiger partial charge in [0.05, 0.1) is 33.4 Å². The zero-order chi connectivity index (χ0) is 80.5. The second kappa shape index (κ2) is 26.9. The molecule has 0 N–H and O–H groups in total. The predicted octanol–water partition coefficient (Wildman–Crippen LogP) is 22.8. The van der Waals surface area contributed by atoms with E-state index < -0.39 is 51.0 Å². The van der Waals surface area contributed by atoms with Crippen LogP contribution < -0.4 is 46.9 Å². The minimum atomic E-state index is -3.09. The summed E-state index contributed by atoms with van der Waals surface area (Å²) >= 11 is 0. The summed E-state index contributed by atoms with van der Waals surface area (Å²) in [6, 6.07) is 120. The molecule has 0 amide bonds. The Bertz CT molecular complexity index is 6500. The van der Waals surface area contributed by atoms with Crippen LogP contribution in [-0.4, -0.2) is 19.4 Å². The third-order valence-corrected chi connectivity index (χ3v) is 27.2. The summed E-state index contributed by atoms with van der Waals surface area (Å²) in [7, 11) is -3.09. The first-order valence-corrected chi connectivity index (χ1v) is 39.7. The molecule has 0 fully saturated rings. The van der Waals surface area contributed by atoms with Crippen LogP contribution in [0.2, 0.25) is 0 Å². The monoisotopic (exact) mass is 1420 g/mol. The lowest BCUT2D eigenvalue weighted by atomic mass is 9.33. The molecule has 2 aliphatic heterocycles. The van der Waals surface area contributed by atoms with Crippen molar-refractivity contribution in [3.8, 4) is 72.4 Å². The van der Waals surface area contributed by atoms with Crippen molar-refractivity contribution >= 4 is 108 Å². The first-order valence-electron chi connectivity index (χ1n) is 41.7. The molecule has 0 unspecified atom stereocenters. The van der Waals surface area contributed by atoms with Crippen LogP contribution >= 0.6 is 0 Å². The highest BCUT2D eigenvalue weighted by molar-refractivity contribution is 7.20. The van der Waals surface area contributed by atoms with E-state index in [2.05, 4.69) is 385 Å². The zero-order valence-electron chi connectivity index (χ0n) is 69.8. The zero-order valence-corrected chi connectivity index (χ0v) is 62.8. The molecule has 0 spiro atoms. The van der Waals surface area contributed by atoms with Gasteiger partial charge in [0.15, 0.2) is 8.07 Å². The topological polar surface area (TPSA) is 11.4 Å². The van der Waals surface area contributed by atoms with Crippen molar-refractivity contribution in [2.75, 3.05) is 9.80 Å². The summed E-state index contributed by atoms with van der Waals surface area (Å²) < 4.78 is 78.0. The van der Waals surface area contributed by atoms with Crippen molar-refractivity contribution in [2.24, 2.45) is 0 Å². The van der Waals surface area contributed by atoms with Crippen LogP contribution in [0.5, 0.6) is 0 Å². The third-order valence-electron chi connectivity index (χ3n) is 22.4. The highest BCUT2D eigenvalue weighted by Gasteiger charge is 2.47. The third kappa shape index (κ3) is 11.4. The first-order chi connectivity index (χ1) is 56.7. The number of para-hydroxylation sites is 2. The Kier molecular flexibility index (Phi) is 14.4. The van der Waals surface area contributed by atoms with Crippen molar-refractivity contribution in [3.05, 3.63) is 399 Å². The van der Waals surface area contributed by atoms with Gasteiger partial charge in [-0.25, -0.2) is 0 Å². The Balaban J connectivity index is 1.01. The number of benzene rings is 16. The summed E-state index contributed by atoms with van der Waals surface area (Å²) in [5, 5.41) is 5.04. The molecule has 520 valence electrons. The lowest BCUT2D eigenvalue weighted by Crippen LogP contribution is -2.74. The van der Waals surface area contributed by atoms with Crippen LogP contribution in [0.25, 0.3) is 94.3 Å². The molecule has 0 saturated heterocycles. The number of hydrogen-bond acceptors (Lipinski definition) is 2. The van der Waals surface area contributed by atoms with Crippen molar-refractivity contribution in [1.29, 1.82) is 0 Å². The molecule has 3 nitrogen and oxygen atoms in total. The van der Waals surface area contributed by atoms with Gasteiger partial charge in [-0.15, -0.1) is 0 Å². The van der Waals surface area contributed by atoms with Gasteiger partial charge >= 0.3 is 0 Å². The molecule has 17 aromatic rings. The Morgan fingerprint density at radius 1 is 0.284 bits per heavy atom. The molecule has 5 heteroatoms. The van der Waals surface area contributed by atoms with Crippen molar-refractivity contribution in [1.82, 2.24) is 4.57 Å². The van der Waals surface area contributed by atoms with Gasteiger partial charge in [-0.1, -0.05) is 363 Å². The maximum Gasteiger partial charge on any atom is 0.252 e. The minimum absolute atomic E-state index is 0.00459. The average Bonchev–Trinajstić information content (AvgIpc) is 1.67. The maximum atomic E-state index is 9.95. The van der Waals surface area contributed by atoms with Crippen LogP contribution in [0.4, 0.5) is 34.1 Å². The quantitative estimate of drug-likeness (QED) is 0.0842. The summed E-state index contributed by atoms with van der Waals surface area (Å²) in [4.78, 5) is 5.05. The molecule has 3 heterocycles. The molecule has 0 bridgehead atoms. The van der Waals surface area contributed by atoms with Gasteiger partial charge in [0, 0.05) is 61.5 Å². The maximum absolute atomic E-state index is 9.95. The number of fused-ring (bicyclic) bond motifs is 7. The Morgan fingerprint density at radius 3 is 1.07 bits per heavy atom. The van der Waals surface area contributed by atoms with Crippen LogP contribution in [0, 0.1) is 0 Å². The average molecular weight is 1420 g/mol. The standard InChI is InChI=1S/C104H82BN3Si/c1-103(2,3)79-66-88(72-38-17-8-18-39-72)101(89(67-79)73-40-19-9-20-41-73)107-96-61-58-77(76-46-35-53-85(62-76)109(82-47-25-12-26-48-82,83-49-27-13-28-50-83)84-51-29-14-30-52-84)63-93(96)105-92-60-59-81(106-94-56-33-31-54-86(94)87-55-32-34-57-95(87)106)70-97(92)108(99-65-78(64-98(107)100(99)105)71-36-15-7-16-37-71)102-90(74-42-21-10-22-43-74)68-80(104(4,5)6)69-91(102)75-44-23-11-24-45-75/h7-70H,1-6H3/i31D,32D,33D,34D,54D,55D,56D,57D. The highest BCUT2D eigenvalue weighted by atomic mass is 28.3. The summed E-state index contributed by atoms with van der Waals surface area (Å²) in [5.41, 5.74) is 22.7. The van der Waals surface area contributed by atoms with E-state index in [9.17, 15) is 8.22 Å². The SMILES string of the molecule is [2H]c1c([2H])c([2H])c2c(c1[2H])c1c([2H])c([2H])c([2H])c([2H])c1n2-c1ccc2c(c1)N(c1c(-c3ccccc3)cc(C(C)(C)C)cc1-c1ccccc1)c1cc(-c3ccccc3)cc3c1B2c1cc(-c2cccc([Si](c4ccccc4)(c4ccccc4)c4ccccc4)c2)ccc1N3c1c(-c2ccccc2)cc(C(C)(C)C)cc1-c1ccccc1. The minimum Gasteiger partial charge on any atom is -0.310 e. The van der Waals surface area contributed by atoms with E-state index in [1.165, 1.54) is 26.3 Å². The highest BCUT2D eigenvalue weighted by Crippen LogP contribution is 2.55. The Hall–Kier alpha value is -12.8. The van der Waals surface area contributed by atoms with Gasteiger partial charge in [-0.2, -0.15) is 0 Å². The van der Waals surface area contributed by atoms with Crippen molar-refractivity contribution in [3.63, 3.8) is 0 Å². The van der Waals surface area contributed by atoms with Crippen LogP contribution in [0.1, 0.15) is 63.6 Å². The lowest BCUT2D eigenvalue weighted by Gasteiger charge is -2.46. The number of aromatic nitrogens is 1. The summed E-state index contributed by atoms with van der Waals surface area (Å²) in [5.74, 6) is 0. The normalized spacial score (nSPS) is 13.7. The molecule has 16 aromatic carbocycles. The van der Waals surface area contributed by atoms with Crippen LogP contribution in [-0.2, 0) is 10.8 Å². The smallest absolute Gasteiger partial charge is 0.252 e. The van der Waals surface area contributed by atoms with E-state index in [4.69, 9.17) is 2.74 Å². The molecule has 1 aromatic heterocycles. The molecule has 0 atom stereocenters. The molecular formula is C104H82BN3Si. The predicted molar refractivity (Wildman–Crippen MR) is 468 cm³/mol. The fourth-order valence-corrected chi connectivity index (χ4v) is 22.0. The second-order valence-corrected chi connectivity index (χ2v) is 34.7. The molecular weight excluding hydrogens is 1330 g/mol. The van der Waals surface area contributed by atoms with Gasteiger partial charge in [-0.05, 0) is 170 Å². The van der Waals surface area contributed by atoms with Crippen molar-refractivity contribution in [2.45, 2.75) is 52.4 Å². The van der Waals surface area contributed by atoms with E-state index in [1.807, 2.05) is 6.07 Å². The number of rotatable bonds is 13. The van der Waals surface area contributed by atoms with Gasteiger partial charge in [-0.3, -0.25) is 0 Å². The largest absolute Gasteiger partial charge is 0.310 e. The Labute approximate surface area is 653 Å². The van der Waals surface area contributed by atoms with Gasteiger partial charge < -0.3 is 14.4 Å². The van der Waals surface area contributed by atoms with E-state index in [0.717, 1.165) is 123 Å². The lowest BCUT2D eigenvalue weighted by molar-refractivity contribution is 0.590. The van der Waals surface area contributed by atoms with Crippen LogP contribution in [0.15, 0.2) is 388 Å². The molecule has 19 rings (SSSR count). The fourth-order valence-electron chi connectivity index (χ4n) is 17.2. The van der Waals surface area contributed by atoms with Gasteiger partial charge in [0.2, 0.25) is 0 Å². The van der Waals surface area contributed by atoms with E-state index in [0.29, 0.717) is 5.69 Å². The number of anilines is 6. The second-order valence-electron chi connectivity index (χ2n) is 30.9. The number of hydrogen-bond donors (Lipinski definition) is 0. The van der Waals surface area contributed by atoms with E-state index in [1.54, 1.807) is 4.57 Å². The molecule has 0 radical (unpaired) electrons. The molecule has 0 aliphatic carbocycles. The van der Waals surface area contributed by atoms with E-state index in [-0.39, 0.29) is 44.7 Å². The van der Waals surface area contributed by atoms with Gasteiger partial charge in [0.1, 0.15) is 0 Å². The summed E-state index contributed by atoms with van der Waals surface area (Å²) in [6.07, 6.45) is 0. The van der Waals surface area contributed by atoms with E-state index >= 15 is 0 Å². The Morgan fingerprint density at radius 2 is 0.651 bits per heavy atom.